The van der Waals surface area contributed by atoms with Gasteiger partial charge in [-0.1, -0.05) is 66.7 Å². The van der Waals surface area contributed by atoms with Gasteiger partial charge in [-0.25, -0.2) is 4.39 Å². The maximum Gasteiger partial charge on any atom is 0.242 e. The molecule has 31 heavy (non-hydrogen) atoms. The van der Waals surface area contributed by atoms with E-state index < -0.39 is 11.9 Å². The molecule has 166 valence electrons. The van der Waals surface area contributed by atoms with E-state index in [9.17, 15) is 14.0 Å². The molecule has 1 unspecified atom stereocenters. The minimum Gasteiger partial charge on any atom is -0.352 e. The first kappa shape index (κ1) is 23.6. The Balaban J connectivity index is 1.82. The van der Waals surface area contributed by atoms with Crippen molar-refractivity contribution in [3.63, 3.8) is 0 Å². The maximum atomic E-state index is 14.3. The summed E-state index contributed by atoms with van der Waals surface area (Å²) >= 11 is 12.5. The first-order valence-corrected chi connectivity index (χ1v) is 11.4. The second-order valence-electron chi connectivity index (χ2n) is 8.01. The van der Waals surface area contributed by atoms with Gasteiger partial charge >= 0.3 is 0 Å². The fourth-order valence-corrected chi connectivity index (χ4v) is 4.45. The summed E-state index contributed by atoms with van der Waals surface area (Å²) in [6, 6.07) is 10.6. The van der Waals surface area contributed by atoms with Crippen LogP contribution in [-0.4, -0.2) is 28.8 Å². The second-order valence-corrected chi connectivity index (χ2v) is 8.82. The molecule has 2 amide bonds. The lowest BCUT2D eigenvalue weighted by Crippen LogP contribution is -2.50. The van der Waals surface area contributed by atoms with Crippen molar-refractivity contribution < 1.29 is 14.0 Å². The molecule has 4 nitrogen and oxygen atoms in total. The SMILES string of the molecule is CC(C(=O)NC1CCCCC1)N(Cc1ccccc1F)C(=O)Cc1c(Cl)cccc1Cl. The topological polar surface area (TPSA) is 49.4 Å². The molecular weight excluding hydrogens is 438 g/mol. The Labute approximate surface area is 192 Å². The van der Waals surface area contributed by atoms with E-state index in [2.05, 4.69) is 5.32 Å². The molecule has 1 fully saturated rings. The van der Waals surface area contributed by atoms with E-state index in [4.69, 9.17) is 23.2 Å². The van der Waals surface area contributed by atoms with E-state index in [-0.39, 0.29) is 30.8 Å². The molecule has 0 bridgehead atoms. The van der Waals surface area contributed by atoms with Crippen LogP contribution < -0.4 is 5.32 Å². The summed E-state index contributed by atoms with van der Waals surface area (Å²) in [5.74, 6) is -0.998. The standard InChI is InChI=1S/C24H27Cl2FN2O2/c1-16(24(31)28-18-9-3-2-4-10-18)29(15-17-8-5-6-13-22(17)27)23(30)14-19-20(25)11-7-12-21(19)26/h5-8,11-13,16,18H,2-4,9-10,14-15H2,1H3,(H,28,31). The highest BCUT2D eigenvalue weighted by Crippen LogP contribution is 2.26. The van der Waals surface area contributed by atoms with Gasteiger partial charge in [0.25, 0.3) is 0 Å². The van der Waals surface area contributed by atoms with Crippen molar-refractivity contribution in [2.24, 2.45) is 0 Å². The Bertz CT molecular complexity index is 911. The van der Waals surface area contributed by atoms with E-state index in [0.717, 1.165) is 25.7 Å². The van der Waals surface area contributed by atoms with E-state index in [1.807, 2.05) is 0 Å². The molecule has 1 aliphatic carbocycles. The number of hydrogen-bond acceptors (Lipinski definition) is 2. The van der Waals surface area contributed by atoms with Crippen molar-refractivity contribution in [3.05, 3.63) is 69.5 Å². The van der Waals surface area contributed by atoms with Crippen molar-refractivity contribution in [2.75, 3.05) is 0 Å². The van der Waals surface area contributed by atoms with Crippen LogP contribution in [0.5, 0.6) is 0 Å². The van der Waals surface area contributed by atoms with Gasteiger partial charge in [-0.3, -0.25) is 9.59 Å². The second kappa shape index (κ2) is 11.0. The van der Waals surface area contributed by atoms with Gasteiger partial charge in [-0.2, -0.15) is 0 Å². The van der Waals surface area contributed by atoms with Gasteiger partial charge < -0.3 is 10.2 Å². The number of hydrogen-bond donors (Lipinski definition) is 1. The smallest absolute Gasteiger partial charge is 0.242 e. The summed E-state index contributed by atoms with van der Waals surface area (Å²) < 4.78 is 14.3. The molecular formula is C24H27Cl2FN2O2. The summed E-state index contributed by atoms with van der Waals surface area (Å²) in [6.45, 7) is 1.65. The zero-order valence-corrected chi connectivity index (χ0v) is 19.1. The van der Waals surface area contributed by atoms with Gasteiger partial charge in [0.1, 0.15) is 11.9 Å². The third kappa shape index (κ3) is 6.20. The molecule has 1 saturated carbocycles. The molecule has 0 aliphatic heterocycles. The molecule has 7 heteroatoms. The normalized spacial score (nSPS) is 15.4. The van der Waals surface area contributed by atoms with Gasteiger partial charge in [0.2, 0.25) is 11.8 Å². The average molecular weight is 465 g/mol. The van der Waals surface area contributed by atoms with Crippen LogP contribution in [-0.2, 0) is 22.6 Å². The Morgan fingerprint density at radius 3 is 2.35 bits per heavy atom. The number of rotatable bonds is 7. The number of halogens is 3. The number of benzene rings is 2. The minimum atomic E-state index is -0.768. The van der Waals surface area contributed by atoms with Crippen LogP contribution >= 0.6 is 23.2 Å². The highest BCUT2D eigenvalue weighted by Gasteiger charge is 2.29. The highest BCUT2D eigenvalue weighted by molar-refractivity contribution is 6.36. The summed E-state index contributed by atoms with van der Waals surface area (Å²) in [6.07, 6.45) is 5.15. The molecule has 2 aromatic rings. The minimum absolute atomic E-state index is 0.0210. The van der Waals surface area contributed by atoms with Crippen molar-refractivity contribution in [2.45, 2.75) is 64.1 Å². The zero-order valence-electron chi connectivity index (χ0n) is 17.5. The van der Waals surface area contributed by atoms with Crippen LogP contribution in [0.25, 0.3) is 0 Å². The van der Waals surface area contributed by atoms with Gasteiger partial charge in [0.15, 0.2) is 0 Å². The summed E-state index contributed by atoms with van der Waals surface area (Å²) in [5, 5.41) is 3.82. The molecule has 0 heterocycles. The van der Waals surface area contributed by atoms with Gasteiger partial charge in [0.05, 0.1) is 6.42 Å². The van der Waals surface area contributed by atoms with E-state index in [1.54, 1.807) is 43.3 Å². The van der Waals surface area contributed by atoms with E-state index in [1.165, 1.54) is 17.4 Å². The molecule has 3 rings (SSSR count). The molecule has 1 N–H and O–H groups in total. The molecule has 1 aliphatic rings. The fourth-order valence-electron chi connectivity index (χ4n) is 3.92. The lowest BCUT2D eigenvalue weighted by molar-refractivity contribution is -0.140. The lowest BCUT2D eigenvalue weighted by Gasteiger charge is -2.31. The number of nitrogens with one attached hydrogen (secondary N) is 1. The van der Waals surface area contributed by atoms with Crippen LogP contribution in [0.2, 0.25) is 10.0 Å². The lowest BCUT2D eigenvalue weighted by atomic mass is 9.95. The van der Waals surface area contributed by atoms with Crippen molar-refractivity contribution in [1.82, 2.24) is 10.2 Å². The third-order valence-corrected chi connectivity index (χ3v) is 6.52. The first-order chi connectivity index (χ1) is 14.9. The van der Waals surface area contributed by atoms with Crippen LogP contribution in [0.15, 0.2) is 42.5 Å². The zero-order chi connectivity index (χ0) is 22.4. The molecule has 2 aromatic carbocycles. The number of carbonyl (C=O) groups excluding carboxylic acids is 2. The van der Waals surface area contributed by atoms with Crippen molar-refractivity contribution in [3.8, 4) is 0 Å². The average Bonchev–Trinajstić information content (AvgIpc) is 2.76. The molecule has 0 saturated heterocycles. The molecule has 0 spiro atoms. The van der Waals surface area contributed by atoms with Gasteiger partial charge in [0, 0.05) is 28.2 Å². The fraction of sp³-hybridized carbons (Fsp3) is 0.417. The van der Waals surface area contributed by atoms with Crippen LogP contribution in [0.3, 0.4) is 0 Å². The Kier molecular flexibility index (Phi) is 8.33. The molecule has 0 radical (unpaired) electrons. The summed E-state index contributed by atoms with van der Waals surface area (Å²) in [4.78, 5) is 27.6. The Morgan fingerprint density at radius 1 is 1.06 bits per heavy atom. The summed E-state index contributed by atoms with van der Waals surface area (Å²) in [7, 11) is 0. The van der Waals surface area contributed by atoms with Crippen LogP contribution in [0.4, 0.5) is 4.39 Å². The Morgan fingerprint density at radius 2 is 1.71 bits per heavy atom. The quantitative estimate of drug-likeness (QED) is 0.584. The highest BCUT2D eigenvalue weighted by atomic mass is 35.5. The predicted octanol–water partition coefficient (Wildman–Crippen LogP) is 5.54. The maximum absolute atomic E-state index is 14.3. The van der Waals surface area contributed by atoms with E-state index in [0.29, 0.717) is 21.2 Å². The monoisotopic (exact) mass is 464 g/mol. The third-order valence-electron chi connectivity index (χ3n) is 5.81. The number of carbonyl (C=O) groups is 2. The van der Waals surface area contributed by atoms with Crippen molar-refractivity contribution in [1.29, 1.82) is 0 Å². The van der Waals surface area contributed by atoms with E-state index >= 15 is 0 Å². The molecule has 0 aromatic heterocycles. The van der Waals surface area contributed by atoms with Crippen LogP contribution in [0.1, 0.15) is 50.2 Å². The van der Waals surface area contributed by atoms with Crippen molar-refractivity contribution >= 4 is 35.0 Å². The number of nitrogens with zero attached hydrogens (tertiary/aromatic N) is 1. The number of amides is 2. The van der Waals surface area contributed by atoms with Gasteiger partial charge in [-0.15, -0.1) is 0 Å². The predicted molar refractivity (Wildman–Crippen MR) is 122 cm³/mol. The Hall–Kier alpha value is -2.11. The first-order valence-electron chi connectivity index (χ1n) is 10.6. The van der Waals surface area contributed by atoms with Crippen LogP contribution in [0, 0.1) is 5.82 Å². The summed E-state index contributed by atoms with van der Waals surface area (Å²) in [5.41, 5.74) is 0.840. The largest absolute Gasteiger partial charge is 0.352 e. The van der Waals surface area contributed by atoms with Gasteiger partial charge in [-0.05, 0) is 43.5 Å². The molecule has 1 atom stereocenters.